The van der Waals surface area contributed by atoms with E-state index in [1.165, 1.54) is 14.2 Å². The van der Waals surface area contributed by atoms with Crippen LogP contribution in [0.5, 0.6) is 11.5 Å². The number of carboxylic acids is 1. The fraction of sp³-hybridized carbons (Fsp3) is 0.222. The smallest absolute Gasteiger partial charge is 0.317 e. The van der Waals surface area contributed by atoms with Crippen LogP contribution in [0.3, 0.4) is 0 Å². The Morgan fingerprint density at radius 2 is 1.68 bits per heavy atom. The number of methoxy groups -OCH3 is 2. The van der Waals surface area contributed by atoms with E-state index in [-0.39, 0.29) is 18.9 Å². The summed E-state index contributed by atoms with van der Waals surface area (Å²) < 4.78 is 10.4. The average Bonchev–Trinajstić information content (AvgIpc) is 2.61. The topological polar surface area (TPSA) is 111 Å². The maximum absolute atomic E-state index is 12.7. The highest BCUT2D eigenvalue weighted by atomic mass is 16.5. The summed E-state index contributed by atoms with van der Waals surface area (Å²) in [7, 11) is 3.03. The third-order valence-electron chi connectivity index (χ3n) is 3.64. The minimum Gasteiger partial charge on any atom is -0.493 e. The van der Waals surface area contributed by atoms with Crippen LogP contribution < -0.4 is 20.5 Å². The lowest BCUT2D eigenvalue weighted by molar-refractivity contribution is -0.136. The highest BCUT2D eigenvalue weighted by Gasteiger charge is 2.14. The molecule has 0 saturated heterocycles. The van der Waals surface area contributed by atoms with Gasteiger partial charge in [-0.05, 0) is 42.0 Å². The van der Waals surface area contributed by atoms with Gasteiger partial charge in [0.1, 0.15) is 0 Å². The molecular formula is C18H20N2O5. The molecule has 2 aromatic rings. The Balaban J connectivity index is 2.25. The number of carboxylic acid groups (broad SMARTS) is 1. The zero-order chi connectivity index (χ0) is 18.4. The molecule has 2 aromatic carbocycles. The molecule has 0 aromatic heterocycles. The zero-order valence-corrected chi connectivity index (χ0v) is 14.0. The first-order chi connectivity index (χ1) is 12.0. The van der Waals surface area contributed by atoms with Crippen molar-refractivity contribution >= 4 is 17.4 Å². The van der Waals surface area contributed by atoms with Gasteiger partial charge in [-0.25, -0.2) is 0 Å². The summed E-state index contributed by atoms with van der Waals surface area (Å²) in [5.41, 5.74) is 7.94. The fourth-order valence-electron chi connectivity index (χ4n) is 2.35. The van der Waals surface area contributed by atoms with Crippen molar-refractivity contribution in [2.75, 3.05) is 26.5 Å². The quantitative estimate of drug-likeness (QED) is 0.493. The largest absolute Gasteiger partial charge is 0.493 e. The number of ether oxygens (including phenoxy) is 2. The standard InChI is InChI=1S/C18H20N2O5/c1-24-15-6-4-12(8-16(15)25-2)18(23)11-3-5-14(19)13(7-11)9-20-10-17(21)22/h3-8,20H,9-10,19H2,1-2H3,(H,21,22). The lowest BCUT2D eigenvalue weighted by atomic mass is 10.00. The summed E-state index contributed by atoms with van der Waals surface area (Å²) in [4.78, 5) is 23.3. The van der Waals surface area contributed by atoms with Crippen LogP contribution in [0.2, 0.25) is 0 Å². The molecule has 0 aliphatic carbocycles. The van der Waals surface area contributed by atoms with Crippen LogP contribution in [-0.2, 0) is 11.3 Å². The van der Waals surface area contributed by atoms with E-state index < -0.39 is 5.97 Å². The number of anilines is 1. The van der Waals surface area contributed by atoms with Crippen molar-refractivity contribution in [2.45, 2.75) is 6.54 Å². The SMILES string of the molecule is COc1ccc(C(=O)c2ccc(N)c(CNCC(=O)O)c2)cc1OC. The van der Waals surface area contributed by atoms with E-state index >= 15 is 0 Å². The van der Waals surface area contributed by atoms with Gasteiger partial charge in [-0.3, -0.25) is 9.59 Å². The van der Waals surface area contributed by atoms with Crippen molar-refractivity contribution in [1.29, 1.82) is 0 Å². The van der Waals surface area contributed by atoms with Crippen molar-refractivity contribution in [3.05, 3.63) is 53.1 Å². The highest BCUT2D eigenvalue weighted by molar-refractivity contribution is 6.09. The molecule has 7 nitrogen and oxygen atoms in total. The molecule has 0 unspecified atom stereocenters. The van der Waals surface area contributed by atoms with Crippen LogP contribution in [0.4, 0.5) is 5.69 Å². The number of nitrogens with one attached hydrogen (secondary N) is 1. The van der Waals surface area contributed by atoms with Crippen LogP contribution in [0.15, 0.2) is 36.4 Å². The molecule has 132 valence electrons. The van der Waals surface area contributed by atoms with Crippen LogP contribution in [0.1, 0.15) is 21.5 Å². The molecule has 0 heterocycles. The number of nitrogens with two attached hydrogens (primary N) is 1. The number of carbonyl (C=O) groups excluding carboxylic acids is 1. The molecule has 0 aliphatic heterocycles. The van der Waals surface area contributed by atoms with Crippen molar-refractivity contribution < 1.29 is 24.2 Å². The zero-order valence-electron chi connectivity index (χ0n) is 14.0. The number of benzene rings is 2. The Morgan fingerprint density at radius 3 is 2.32 bits per heavy atom. The first-order valence-corrected chi connectivity index (χ1v) is 7.54. The number of hydrogen-bond donors (Lipinski definition) is 3. The monoisotopic (exact) mass is 344 g/mol. The summed E-state index contributed by atoms with van der Waals surface area (Å²) in [5, 5.41) is 11.4. The summed E-state index contributed by atoms with van der Waals surface area (Å²) in [6, 6.07) is 9.85. The van der Waals surface area contributed by atoms with Crippen molar-refractivity contribution in [2.24, 2.45) is 0 Å². The second-order valence-electron chi connectivity index (χ2n) is 5.31. The number of aliphatic carboxylic acids is 1. The molecule has 0 spiro atoms. The lowest BCUT2D eigenvalue weighted by Crippen LogP contribution is -2.22. The summed E-state index contributed by atoms with van der Waals surface area (Å²) in [6.45, 7) is 0.0679. The fourth-order valence-corrected chi connectivity index (χ4v) is 2.35. The number of nitrogen functional groups attached to an aromatic ring is 1. The molecule has 7 heteroatoms. The number of carbonyl (C=O) groups is 2. The Labute approximate surface area is 145 Å². The van der Waals surface area contributed by atoms with Gasteiger partial charge in [0.25, 0.3) is 0 Å². The molecule has 25 heavy (non-hydrogen) atoms. The van der Waals surface area contributed by atoms with Gasteiger partial charge in [0.15, 0.2) is 17.3 Å². The van der Waals surface area contributed by atoms with E-state index in [9.17, 15) is 9.59 Å². The second-order valence-corrected chi connectivity index (χ2v) is 5.31. The van der Waals surface area contributed by atoms with E-state index in [0.29, 0.717) is 33.9 Å². The Hall–Kier alpha value is -3.06. The van der Waals surface area contributed by atoms with E-state index in [1.54, 1.807) is 36.4 Å². The van der Waals surface area contributed by atoms with Gasteiger partial charge in [0.2, 0.25) is 0 Å². The van der Waals surface area contributed by atoms with Crippen LogP contribution >= 0.6 is 0 Å². The van der Waals surface area contributed by atoms with Crippen LogP contribution in [0, 0.1) is 0 Å². The van der Waals surface area contributed by atoms with Gasteiger partial charge in [-0.2, -0.15) is 0 Å². The van der Waals surface area contributed by atoms with Gasteiger partial charge >= 0.3 is 5.97 Å². The van der Waals surface area contributed by atoms with Crippen molar-refractivity contribution in [3.8, 4) is 11.5 Å². The third kappa shape index (κ3) is 4.48. The van der Waals surface area contributed by atoms with Crippen LogP contribution in [0.25, 0.3) is 0 Å². The van der Waals surface area contributed by atoms with Crippen LogP contribution in [-0.4, -0.2) is 37.6 Å². The molecule has 0 amide bonds. The van der Waals surface area contributed by atoms with Crippen molar-refractivity contribution in [1.82, 2.24) is 5.32 Å². The normalized spacial score (nSPS) is 10.3. The van der Waals surface area contributed by atoms with Gasteiger partial charge < -0.3 is 25.6 Å². The maximum Gasteiger partial charge on any atom is 0.317 e. The molecule has 0 radical (unpaired) electrons. The summed E-state index contributed by atoms with van der Waals surface area (Å²) >= 11 is 0. The molecule has 2 rings (SSSR count). The predicted molar refractivity (Wildman–Crippen MR) is 93.2 cm³/mol. The highest BCUT2D eigenvalue weighted by Crippen LogP contribution is 2.28. The molecular weight excluding hydrogens is 324 g/mol. The number of hydrogen-bond acceptors (Lipinski definition) is 6. The molecule has 0 bridgehead atoms. The Kier molecular flexibility index (Phi) is 5.97. The minimum absolute atomic E-state index is 0.187. The third-order valence-corrected chi connectivity index (χ3v) is 3.64. The molecule has 0 atom stereocenters. The Morgan fingerprint density at radius 1 is 1.04 bits per heavy atom. The molecule has 4 N–H and O–H groups in total. The molecule has 0 aliphatic rings. The van der Waals surface area contributed by atoms with E-state index in [0.717, 1.165) is 0 Å². The number of ketones is 1. The van der Waals surface area contributed by atoms with Gasteiger partial charge in [-0.15, -0.1) is 0 Å². The molecule has 0 fully saturated rings. The second kappa shape index (κ2) is 8.16. The van der Waals surface area contributed by atoms with E-state index in [1.807, 2.05) is 0 Å². The number of rotatable bonds is 8. The lowest BCUT2D eigenvalue weighted by Gasteiger charge is -2.11. The first kappa shape index (κ1) is 18.3. The Bertz CT molecular complexity index is 789. The molecule has 0 saturated carbocycles. The van der Waals surface area contributed by atoms with Gasteiger partial charge in [0.05, 0.1) is 20.8 Å². The average molecular weight is 344 g/mol. The summed E-state index contributed by atoms with van der Waals surface area (Å²) in [6.07, 6.45) is 0. The minimum atomic E-state index is -0.962. The predicted octanol–water partition coefficient (Wildman–Crippen LogP) is 1.69. The van der Waals surface area contributed by atoms with E-state index in [4.69, 9.17) is 20.3 Å². The first-order valence-electron chi connectivity index (χ1n) is 7.54. The summed E-state index contributed by atoms with van der Waals surface area (Å²) in [5.74, 6) is -0.154. The van der Waals surface area contributed by atoms with Gasteiger partial charge in [-0.1, -0.05) is 0 Å². The van der Waals surface area contributed by atoms with Gasteiger partial charge in [0, 0.05) is 23.4 Å². The maximum atomic E-state index is 12.7. The van der Waals surface area contributed by atoms with E-state index in [2.05, 4.69) is 5.32 Å². The van der Waals surface area contributed by atoms with Crippen molar-refractivity contribution in [3.63, 3.8) is 0 Å².